The Labute approximate surface area is 119 Å². The molecule has 5 nitrogen and oxygen atoms in total. The summed E-state index contributed by atoms with van der Waals surface area (Å²) in [5.41, 5.74) is 0.997. The molecule has 0 aliphatic carbocycles. The first-order chi connectivity index (χ1) is 9.52. The Morgan fingerprint density at radius 1 is 1.30 bits per heavy atom. The normalized spacial score (nSPS) is 12.4. The average molecular weight is 281 g/mol. The summed E-state index contributed by atoms with van der Waals surface area (Å²) in [4.78, 5) is 11.1. The predicted molar refractivity (Wildman–Crippen MR) is 76.7 cm³/mol. The molecule has 0 radical (unpaired) electrons. The molecule has 20 heavy (non-hydrogen) atoms. The molecule has 1 atom stereocenters. The SMILES string of the molecule is CC(C)C[C@@H](NCc1ccc(OCCO)cc1)C(=O)O. The van der Waals surface area contributed by atoms with Gasteiger partial charge in [-0.25, -0.2) is 0 Å². The molecule has 0 amide bonds. The number of aliphatic carboxylic acids is 1. The number of carboxylic acid groups (broad SMARTS) is 1. The van der Waals surface area contributed by atoms with Gasteiger partial charge in [0.15, 0.2) is 0 Å². The van der Waals surface area contributed by atoms with Gasteiger partial charge in [-0.1, -0.05) is 26.0 Å². The van der Waals surface area contributed by atoms with E-state index in [-0.39, 0.29) is 13.2 Å². The van der Waals surface area contributed by atoms with Gasteiger partial charge in [-0.05, 0) is 30.0 Å². The Kier molecular flexibility index (Phi) is 7.04. The minimum absolute atomic E-state index is 0.0151. The summed E-state index contributed by atoms with van der Waals surface area (Å²) in [5, 5.41) is 20.8. The maximum Gasteiger partial charge on any atom is 0.320 e. The first-order valence-electron chi connectivity index (χ1n) is 6.81. The topological polar surface area (TPSA) is 78.8 Å². The van der Waals surface area contributed by atoms with E-state index in [9.17, 15) is 4.79 Å². The number of ether oxygens (including phenoxy) is 1. The van der Waals surface area contributed by atoms with Crippen LogP contribution in [-0.2, 0) is 11.3 Å². The molecule has 1 aromatic rings. The van der Waals surface area contributed by atoms with Crippen molar-refractivity contribution in [3.8, 4) is 5.75 Å². The molecule has 0 bridgehead atoms. The van der Waals surface area contributed by atoms with Crippen molar-refractivity contribution in [1.29, 1.82) is 0 Å². The summed E-state index contributed by atoms with van der Waals surface area (Å²) in [7, 11) is 0. The third-order valence-electron chi connectivity index (χ3n) is 2.84. The number of rotatable bonds is 9. The molecule has 1 rings (SSSR count). The number of hydrogen-bond donors (Lipinski definition) is 3. The highest BCUT2D eigenvalue weighted by Crippen LogP contribution is 2.12. The minimum atomic E-state index is -0.818. The van der Waals surface area contributed by atoms with Crippen LogP contribution >= 0.6 is 0 Å². The lowest BCUT2D eigenvalue weighted by Crippen LogP contribution is -2.37. The minimum Gasteiger partial charge on any atom is -0.491 e. The van der Waals surface area contributed by atoms with Crippen LogP contribution in [0.5, 0.6) is 5.75 Å². The standard InChI is InChI=1S/C15H23NO4/c1-11(2)9-14(15(18)19)16-10-12-3-5-13(6-4-12)20-8-7-17/h3-6,11,14,16-17H,7-10H2,1-2H3,(H,18,19)/t14-/m1/s1. The maximum atomic E-state index is 11.1. The second-order valence-electron chi connectivity index (χ2n) is 5.12. The van der Waals surface area contributed by atoms with E-state index in [1.54, 1.807) is 0 Å². The molecule has 0 heterocycles. The highest BCUT2D eigenvalue weighted by atomic mass is 16.5. The van der Waals surface area contributed by atoms with Crippen LogP contribution < -0.4 is 10.1 Å². The van der Waals surface area contributed by atoms with Crippen molar-refractivity contribution in [3.05, 3.63) is 29.8 Å². The van der Waals surface area contributed by atoms with E-state index in [1.807, 2.05) is 38.1 Å². The van der Waals surface area contributed by atoms with Crippen molar-refractivity contribution < 1.29 is 19.7 Å². The molecule has 0 unspecified atom stereocenters. The van der Waals surface area contributed by atoms with E-state index < -0.39 is 12.0 Å². The van der Waals surface area contributed by atoms with Crippen molar-refractivity contribution in [2.24, 2.45) is 5.92 Å². The summed E-state index contributed by atoms with van der Waals surface area (Å²) in [6, 6.07) is 6.86. The van der Waals surface area contributed by atoms with Gasteiger partial charge in [-0.15, -0.1) is 0 Å². The molecular formula is C15H23NO4. The molecule has 0 fully saturated rings. The number of nitrogens with one attached hydrogen (secondary N) is 1. The van der Waals surface area contributed by atoms with Crippen molar-refractivity contribution in [3.63, 3.8) is 0 Å². The van der Waals surface area contributed by atoms with Crippen LogP contribution in [0.3, 0.4) is 0 Å². The zero-order chi connectivity index (χ0) is 15.0. The summed E-state index contributed by atoms with van der Waals surface area (Å²) in [6.07, 6.45) is 0.604. The third-order valence-corrected chi connectivity index (χ3v) is 2.84. The predicted octanol–water partition coefficient (Wildman–Crippen LogP) is 1.65. The molecule has 0 aromatic heterocycles. The van der Waals surface area contributed by atoms with E-state index in [2.05, 4.69) is 5.32 Å². The lowest BCUT2D eigenvalue weighted by Gasteiger charge is -2.16. The van der Waals surface area contributed by atoms with Gasteiger partial charge in [0.2, 0.25) is 0 Å². The molecule has 0 aliphatic heterocycles. The molecule has 0 aliphatic rings. The van der Waals surface area contributed by atoms with Crippen molar-refractivity contribution in [1.82, 2.24) is 5.32 Å². The molecule has 112 valence electrons. The van der Waals surface area contributed by atoms with E-state index in [1.165, 1.54) is 0 Å². The Hall–Kier alpha value is -1.59. The van der Waals surface area contributed by atoms with Gasteiger partial charge < -0.3 is 20.3 Å². The molecular weight excluding hydrogens is 258 g/mol. The van der Waals surface area contributed by atoms with E-state index >= 15 is 0 Å². The van der Waals surface area contributed by atoms with Gasteiger partial charge in [-0.3, -0.25) is 4.79 Å². The molecule has 0 saturated carbocycles. The summed E-state index contributed by atoms with van der Waals surface area (Å²) >= 11 is 0. The van der Waals surface area contributed by atoms with Gasteiger partial charge in [0.05, 0.1) is 6.61 Å². The van der Waals surface area contributed by atoms with Gasteiger partial charge in [0.1, 0.15) is 18.4 Å². The van der Waals surface area contributed by atoms with E-state index in [4.69, 9.17) is 14.9 Å². The number of carboxylic acids is 1. The average Bonchev–Trinajstić information content (AvgIpc) is 2.41. The first-order valence-corrected chi connectivity index (χ1v) is 6.81. The third kappa shape index (κ3) is 6.04. The van der Waals surface area contributed by atoms with Crippen LogP contribution in [-0.4, -0.2) is 35.4 Å². The summed E-state index contributed by atoms with van der Waals surface area (Å²) in [6.45, 7) is 4.77. The number of aliphatic hydroxyl groups excluding tert-OH is 1. The lowest BCUT2D eigenvalue weighted by molar-refractivity contribution is -0.140. The number of carbonyl (C=O) groups is 1. The van der Waals surface area contributed by atoms with Gasteiger partial charge in [0, 0.05) is 6.54 Å². The second kappa shape index (κ2) is 8.55. The highest BCUT2D eigenvalue weighted by Gasteiger charge is 2.17. The summed E-state index contributed by atoms with van der Waals surface area (Å²) in [5.74, 6) is 0.208. The Morgan fingerprint density at radius 3 is 2.45 bits per heavy atom. The number of aliphatic hydroxyl groups is 1. The summed E-state index contributed by atoms with van der Waals surface area (Å²) < 4.78 is 5.26. The largest absolute Gasteiger partial charge is 0.491 e. The monoisotopic (exact) mass is 281 g/mol. The zero-order valence-corrected chi connectivity index (χ0v) is 12.0. The fourth-order valence-corrected chi connectivity index (χ4v) is 1.85. The number of benzene rings is 1. The smallest absolute Gasteiger partial charge is 0.320 e. The molecule has 1 aromatic carbocycles. The Bertz CT molecular complexity index is 403. The molecule has 0 spiro atoms. The van der Waals surface area contributed by atoms with Gasteiger partial charge in [0.25, 0.3) is 0 Å². The van der Waals surface area contributed by atoms with Crippen LogP contribution in [0.1, 0.15) is 25.8 Å². The van der Waals surface area contributed by atoms with Crippen molar-refractivity contribution in [2.45, 2.75) is 32.9 Å². The van der Waals surface area contributed by atoms with Crippen molar-refractivity contribution in [2.75, 3.05) is 13.2 Å². The number of hydrogen-bond acceptors (Lipinski definition) is 4. The lowest BCUT2D eigenvalue weighted by atomic mass is 10.0. The molecule has 3 N–H and O–H groups in total. The van der Waals surface area contributed by atoms with Crippen LogP contribution in [0.25, 0.3) is 0 Å². The zero-order valence-electron chi connectivity index (χ0n) is 12.0. The Morgan fingerprint density at radius 2 is 1.95 bits per heavy atom. The van der Waals surface area contributed by atoms with E-state index in [0.717, 1.165) is 5.56 Å². The molecule has 0 saturated heterocycles. The second-order valence-corrected chi connectivity index (χ2v) is 5.12. The fourth-order valence-electron chi connectivity index (χ4n) is 1.85. The Balaban J connectivity index is 2.49. The quantitative estimate of drug-likeness (QED) is 0.641. The highest BCUT2D eigenvalue weighted by molar-refractivity contribution is 5.73. The fraction of sp³-hybridized carbons (Fsp3) is 0.533. The van der Waals surface area contributed by atoms with Crippen LogP contribution in [0.15, 0.2) is 24.3 Å². The van der Waals surface area contributed by atoms with Crippen molar-refractivity contribution >= 4 is 5.97 Å². The van der Waals surface area contributed by atoms with Crippen LogP contribution in [0, 0.1) is 5.92 Å². The maximum absolute atomic E-state index is 11.1. The van der Waals surface area contributed by atoms with Crippen LogP contribution in [0.4, 0.5) is 0 Å². The van der Waals surface area contributed by atoms with Crippen LogP contribution in [0.2, 0.25) is 0 Å². The molecule has 5 heteroatoms. The van der Waals surface area contributed by atoms with E-state index in [0.29, 0.717) is 24.6 Å². The first kappa shape index (κ1) is 16.5. The van der Waals surface area contributed by atoms with Gasteiger partial charge >= 0.3 is 5.97 Å². The van der Waals surface area contributed by atoms with Gasteiger partial charge in [-0.2, -0.15) is 0 Å².